The molecule has 4 nitrogen and oxygen atoms in total. The number of benzene rings is 1. The van der Waals surface area contributed by atoms with E-state index in [-0.39, 0.29) is 11.3 Å². The third kappa shape index (κ3) is 1.54. The van der Waals surface area contributed by atoms with Gasteiger partial charge in [-0.25, -0.2) is 4.79 Å². The van der Waals surface area contributed by atoms with Crippen molar-refractivity contribution in [3.05, 3.63) is 47.8 Å². The molecule has 82 valence electrons. The van der Waals surface area contributed by atoms with Crippen molar-refractivity contribution in [1.82, 2.24) is 4.57 Å². The van der Waals surface area contributed by atoms with Crippen LogP contribution in [0.15, 0.2) is 36.5 Å². The lowest BCUT2D eigenvalue weighted by molar-refractivity contribution is 0.0693. The second kappa shape index (κ2) is 3.73. The summed E-state index contributed by atoms with van der Waals surface area (Å²) < 4.78 is 1.65. The number of aromatic hydroxyl groups is 1. The molecule has 0 aliphatic rings. The molecule has 4 heteroatoms. The van der Waals surface area contributed by atoms with Gasteiger partial charge in [-0.3, -0.25) is 0 Å². The second-order valence-electron chi connectivity index (χ2n) is 3.49. The van der Waals surface area contributed by atoms with Gasteiger partial charge < -0.3 is 14.8 Å². The van der Waals surface area contributed by atoms with Crippen LogP contribution in [-0.2, 0) is 0 Å². The zero-order chi connectivity index (χ0) is 11.7. The highest BCUT2D eigenvalue weighted by atomic mass is 16.4. The number of carbonyl (C=O) groups is 1. The Balaban J connectivity index is 2.61. The third-order valence-electron chi connectivity index (χ3n) is 2.48. The van der Waals surface area contributed by atoms with Crippen LogP contribution in [0, 0.1) is 6.92 Å². The number of aromatic carboxylic acids is 1. The first-order valence-electron chi connectivity index (χ1n) is 4.81. The Kier molecular flexibility index (Phi) is 2.40. The van der Waals surface area contributed by atoms with Crippen LogP contribution in [0.1, 0.15) is 16.1 Å². The maximum atomic E-state index is 10.9. The molecule has 0 atom stereocenters. The number of para-hydroxylation sites is 1. The molecule has 2 N–H and O–H groups in total. The summed E-state index contributed by atoms with van der Waals surface area (Å²) in [6.45, 7) is 1.66. The molecule has 2 rings (SSSR count). The standard InChI is InChI=1S/C12H11NO3/c1-8-11(12(15)16)10(14)7-13(8)9-5-3-2-4-6-9/h2-7,14H,1H3,(H,15,16). The van der Waals surface area contributed by atoms with Crippen molar-refractivity contribution < 1.29 is 15.0 Å². The van der Waals surface area contributed by atoms with Crippen LogP contribution in [0.5, 0.6) is 5.75 Å². The van der Waals surface area contributed by atoms with Crippen LogP contribution in [0.3, 0.4) is 0 Å². The summed E-state index contributed by atoms with van der Waals surface area (Å²) in [6, 6.07) is 9.27. The smallest absolute Gasteiger partial charge is 0.341 e. The van der Waals surface area contributed by atoms with E-state index in [0.29, 0.717) is 5.69 Å². The zero-order valence-corrected chi connectivity index (χ0v) is 8.71. The molecule has 0 fully saturated rings. The lowest BCUT2D eigenvalue weighted by Gasteiger charge is -2.05. The Labute approximate surface area is 92.4 Å². The monoisotopic (exact) mass is 217 g/mol. The molecular formula is C12H11NO3. The van der Waals surface area contributed by atoms with Gasteiger partial charge in [0.2, 0.25) is 0 Å². The molecule has 2 aromatic rings. The van der Waals surface area contributed by atoms with Gasteiger partial charge in [0.1, 0.15) is 11.3 Å². The van der Waals surface area contributed by atoms with Crippen LogP contribution >= 0.6 is 0 Å². The summed E-state index contributed by atoms with van der Waals surface area (Å²) in [5.41, 5.74) is 1.28. The minimum atomic E-state index is -1.12. The van der Waals surface area contributed by atoms with Crippen LogP contribution in [0.25, 0.3) is 5.69 Å². The number of rotatable bonds is 2. The van der Waals surface area contributed by atoms with Crippen molar-refractivity contribution in [2.45, 2.75) is 6.92 Å². The average molecular weight is 217 g/mol. The van der Waals surface area contributed by atoms with Crippen molar-refractivity contribution in [3.63, 3.8) is 0 Å². The maximum Gasteiger partial charge on any atom is 0.341 e. The van der Waals surface area contributed by atoms with Crippen LogP contribution in [0.2, 0.25) is 0 Å². The van der Waals surface area contributed by atoms with Gasteiger partial charge in [0.15, 0.2) is 0 Å². The minimum Gasteiger partial charge on any atom is -0.505 e. The van der Waals surface area contributed by atoms with Gasteiger partial charge in [-0.2, -0.15) is 0 Å². The first-order chi connectivity index (χ1) is 7.61. The van der Waals surface area contributed by atoms with Crippen molar-refractivity contribution in [2.75, 3.05) is 0 Å². The third-order valence-corrected chi connectivity index (χ3v) is 2.48. The summed E-state index contributed by atoms with van der Waals surface area (Å²) in [6.07, 6.45) is 1.41. The number of hydrogen-bond acceptors (Lipinski definition) is 2. The predicted octanol–water partition coefficient (Wildman–Crippen LogP) is 2.19. The molecule has 1 aromatic carbocycles. The average Bonchev–Trinajstić information content (AvgIpc) is 2.55. The Bertz CT molecular complexity index is 529. The molecule has 0 saturated carbocycles. The van der Waals surface area contributed by atoms with E-state index in [1.54, 1.807) is 11.5 Å². The molecular weight excluding hydrogens is 206 g/mol. The highest BCUT2D eigenvalue weighted by Gasteiger charge is 2.18. The number of nitrogens with zero attached hydrogens (tertiary/aromatic N) is 1. The first-order valence-corrected chi connectivity index (χ1v) is 4.81. The zero-order valence-electron chi connectivity index (χ0n) is 8.71. The quantitative estimate of drug-likeness (QED) is 0.810. The number of carboxylic acid groups (broad SMARTS) is 1. The molecule has 0 saturated heterocycles. The lowest BCUT2D eigenvalue weighted by Crippen LogP contribution is -2.01. The van der Waals surface area contributed by atoms with Crippen LogP contribution in [-0.4, -0.2) is 20.7 Å². The topological polar surface area (TPSA) is 62.5 Å². The van der Waals surface area contributed by atoms with E-state index in [0.717, 1.165) is 5.69 Å². The number of carboxylic acids is 1. The van der Waals surface area contributed by atoms with E-state index in [1.807, 2.05) is 30.3 Å². The summed E-state index contributed by atoms with van der Waals surface area (Å²) >= 11 is 0. The molecule has 1 aromatic heterocycles. The molecule has 0 spiro atoms. The van der Waals surface area contributed by atoms with E-state index in [9.17, 15) is 9.90 Å². The van der Waals surface area contributed by atoms with E-state index in [4.69, 9.17) is 5.11 Å². The number of hydrogen-bond donors (Lipinski definition) is 2. The molecule has 0 bridgehead atoms. The molecule has 0 aliphatic carbocycles. The van der Waals surface area contributed by atoms with Gasteiger partial charge >= 0.3 is 5.97 Å². The van der Waals surface area contributed by atoms with Gasteiger partial charge in [-0.1, -0.05) is 18.2 Å². The minimum absolute atomic E-state index is 0.0520. The van der Waals surface area contributed by atoms with E-state index >= 15 is 0 Å². The van der Waals surface area contributed by atoms with Crippen molar-refractivity contribution in [3.8, 4) is 11.4 Å². The lowest BCUT2D eigenvalue weighted by atomic mass is 10.2. The molecule has 16 heavy (non-hydrogen) atoms. The fourth-order valence-electron chi connectivity index (χ4n) is 1.71. The largest absolute Gasteiger partial charge is 0.505 e. The van der Waals surface area contributed by atoms with Gasteiger partial charge in [0.25, 0.3) is 0 Å². The van der Waals surface area contributed by atoms with Crippen molar-refractivity contribution in [1.29, 1.82) is 0 Å². The molecule has 0 amide bonds. The van der Waals surface area contributed by atoms with E-state index in [2.05, 4.69) is 0 Å². The van der Waals surface area contributed by atoms with Gasteiger partial charge in [-0.15, -0.1) is 0 Å². The van der Waals surface area contributed by atoms with Crippen LogP contribution < -0.4 is 0 Å². The molecule has 0 radical (unpaired) electrons. The Morgan fingerprint density at radius 1 is 1.25 bits per heavy atom. The summed E-state index contributed by atoms with van der Waals surface area (Å²) in [4.78, 5) is 10.9. The molecule has 0 unspecified atom stereocenters. The van der Waals surface area contributed by atoms with Gasteiger partial charge in [0, 0.05) is 11.4 Å². The first kappa shape index (κ1) is 10.3. The van der Waals surface area contributed by atoms with E-state index < -0.39 is 5.97 Å². The van der Waals surface area contributed by atoms with Crippen molar-refractivity contribution >= 4 is 5.97 Å². The summed E-state index contributed by atoms with van der Waals surface area (Å²) in [7, 11) is 0. The van der Waals surface area contributed by atoms with Gasteiger partial charge in [-0.05, 0) is 19.1 Å². The highest BCUT2D eigenvalue weighted by molar-refractivity contribution is 5.92. The molecule has 0 aliphatic heterocycles. The highest BCUT2D eigenvalue weighted by Crippen LogP contribution is 2.26. The fourth-order valence-corrected chi connectivity index (χ4v) is 1.71. The predicted molar refractivity (Wildman–Crippen MR) is 59.1 cm³/mol. The summed E-state index contributed by atoms with van der Waals surface area (Å²) in [5, 5.41) is 18.5. The van der Waals surface area contributed by atoms with E-state index in [1.165, 1.54) is 6.20 Å². The van der Waals surface area contributed by atoms with Crippen LogP contribution in [0.4, 0.5) is 0 Å². The number of aromatic nitrogens is 1. The Morgan fingerprint density at radius 2 is 1.88 bits per heavy atom. The molecule has 1 heterocycles. The normalized spacial score (nSPS) is 10.3. The Morgan fingerprint density at radius 3 is 2.38 bits per heavy atom. The fraction of sp³-hybridized carbons (Fsp3) is 0.0833. The van der Waals surface area contributed by atoms with Gasteiger partial charge in [0.05, 0.1) is 6.20 Å². The maximum absolute atomic E-state index is 10.9. The second-order valence-corrected chi connectivity index (χ2v) is 3.49. The Hall–Kier alpha value is -2.23. The summed E-state index contributed by atoms with van der Waals surface area (Å²) in [5.74, 6) is -1.33. The SMILES string of the molecule is Cc1c(C(=O)O)c(O)cn1-c1ccccc1. The van der Waals surface area contributed by atoms with Crippen molar-refractivity contribution in [2.24, 2.45) is 0 Å².